The number of hydrogen-bond donors (Lipinski definition) is 1. The number of nitrogens with one attached hydrogen (secondary N) is 1. The molecule has 1 aromatic rings. The van der Waals surface area contributed by atoms with Crippen molar-refractivity contribution in [3.8, 4) is 0 Å². The summed E-state index contributed by atoms with van der Waals surface area (Å²) in [6.07, 6.45) is 4.55. The molecule has 84 valence electrons. The smallest absolute Gasteiger partial charge is 0.330 e. The van der Waals surface area contributed by atoms with Crippen LogP contribution < -0.4 is 11.2 Å². The van der Waals surface area contributed by atoms with Crippen LogP contribution in [0.25, 0.3) is 0 Å². The monoisotopic (exact) mass is 220 g/mol. The van der Waals surface area contributed by atoms with E-state index < -0.39 is 11.9 Å². The highest BCUT2D eigenvalue weighted by atomic mass is 16.5. The van der Waals surface area contributed by atoms with E-state index in [-0.39, 0.29) is 5.56 Å². The van der Waals surface area contributed by atoms with Crippen molar-refractivity contribution in [1.29, 1.82) is 0 Å². The molecule has 16 heavy (non-hydrogen) atoms. The van der Waals surface area contributed by atoms with Crippen molar-refractivity contribution >= 4 is 0 Å². The summed E-state index contributed by atoms with van der Waals surface area (Å²) in [6.45, 7) is 5.76. The number of aryl methyl sites for hydroxylation is 1. The van der Waals surface area contributed by atoms with Crippen LogP contribution in [0.2, 0.25) is 0 Å². The summed E-state index contributed by atoms with van der Waals surface area (Å²) in [6, 6.07) is 0. The second kappa shape index (κ2) is 3.94. The van der Waals surface area contributed by atoms with Crippen LogP contribution in [-0.2, 0) is 4.74 Å². The standard InChI is InChI=1S/C11H12N2O3/c1-7-3-4-9(16-6-7)13-5-8(2)10(14)12-11(13)15/h3-5,9H,1,6H2,2H3,(H,12,14,15)/t9-/m0/s1. The first kappa shape index (κ1) is 10.6. The van der Waals surface area contributed by atoms with Crippen LogP contribution in [0, 0.1) is 6.92 Å². The lowest BCUT2D eigenvalue weighted by Crippen LogP contribution is -2.34. The average molecular weight is 220 g/mol. The van der Waals surface area contributed by atoms with E-state index in [1.165, 1.54) is 10.8 Å². The highest BCUT2D eigenvalue weighted by Gasteiger charge is 2.14. The molecule has 0 spiro atoms. The van der Waals surface area contributed by atoms with Gasteiger partial charge < -0.3 is 4.74 Å². The zero-order valence-electron chi connectivity index (χ0n) is 8.90. The van der Waals surface area contributed by atoms with Gasteiger partial charge >= 0.3 is 5.69 Å². The highest BCUT2D eigenvalue weighted by Crippen LogP contribution is 2.15. The molecular formula is C11H12N2O3. The SMILES string of the molecule is C=C1C=C[C@@H](n2cc(C)c(=O)[nH]c2=O)OC1. The molecule has 0 saturated heterocycles. The Kier molecular flexibility index (Phi) is 2.62. The van der Waals surface area contributed by atoms with E-state index in [2.05, 4.69) is 11.6 Å². The molecule has 0 aromatic carbocycles. The second-order valence-corrected chi connectivity index (χ2v) is 3.70. The lowest BCUT2D eigenvalue weighted by Gasteiger charge is -2.20. The molecule has 1 atom stereocenters. The van der Waals surface area contributed by atoms with E-state index in [4.69, 9.17) is 4.74 Å². The summed E-state index contributed by atoms with van der Waals surface area (Å²) >= 11 is 0. The molecule has 1 aromatic heterocycles. The fourth-order valence-corrected chi connectivity index (χ4v) is 1.46. The number of rotatable bonds is 1. The van der Waals surface area contributed by atoms with Gasteiger partial charge in [-0.1, -0.05) is 12.7 Å². The Balaban J connectivity index is 2.45. The molecule has 0 aliphatic carbocycles. The summed E-state index contributed by atoms with van der Waals surface area (Å²) < 4.78 is 6.75. The van der Waals surface area contributed by atoms with E-state index in [0.29, 0.717) is 12.2 Å². The molecule has 0 bridgehead atoms. The first-order chi connectivity index (χ1) is 7.58. The zero-order chi connectivity index (χ0) is 11.7. The molecule has 5 heteroatoms. The van der Waals surface area contributed by atoms with Crippen LogP contribution in [0.1, 0.15) is 11.8 Å². The van der Waals surface area contributed by atoms with Crippen LogP contribution >= 0.6 is 0 Å². The van der Waals surface area contributed by atoms with Crippen LogP contribution in [0.3, 0.4) is 0 Å². The Morgan fingerprint density at radius 2 is 2.31 bits per heavy atom. The van der Waals surface area contributed by atoms with Gasteiger partial charge in [0.15, 0.2) is 6.23 Å². The van der Waals surface area contributed by atoms with Gasteiger partial charge in [-0.3, -0.25) is 14.3 Å². The predicted molar refractivity (Wildman–Crippen MR) is 59.3 cm³/mol. The van der Waals surface area contributed by atoms with Gasteiger partial charge in [0, 0.05) is 11.8 Å². The zero-order valence-corrected chi connectivity index (χ0v) is 8.90. The van der Waals surface area contributed by atoms with E-state index in [1.54, 1.807) is 19.1 Å². The number of hydrogen-bond acceptors (Lipinski definition) is 3. The third-order valence-corrected chi connectivity index (χ3v) is 2.36. The van der Waals surface area contributed by atoms with E-state index in [1.807, 2.05) is 0 Å². The maximum absolute atomic E-state index is 11.5. The number of ether oxygens (including phenoxy) is 1. The minimum Gasteiger partial charge on any atom is -0.350 e. The van der Waals surface area contributed by atoms with Crippen molar-refractivity contribution in [1.82, 2.24) is 9.55 Å². The molecule has 2 heterocycles. The topological polar surface area (TPSA) is 64.1 Å². The van der Waals surface area contributed by atoms with Crippen LogP contribution in [0.5, 0.6) is 0 Å². The third kappa shape index (κ3) is 1.90. The van der Waals surface area contributed by atoms with Crippen LogP contribution in [0.15, 0.2) is 40.1 Å². The highest BCUT2D eigenvalue weighted by molar-refractivity contribution is 5.18. The summed E-state index contributed by atoms with van der Waals surface area (Å²) in [5, 5.41) is 0. The molecule has 1 aliphatic heterocycles. The normalized spacial score (nSPS) is 20.1. The minimum absolute atomic E-state index is 0.370. The Labute approximate surface area is 91.7 Å². The van der Waals surface area contributed by atoms with Gasteiger partial charge in [0.25, 0.3) is 5.56 Å². The molecular weight excluding hydrogens is 208 g/mol. The molecule has 2 rings (SSSR count). The maximum Gasteiger partial charge on any atom is 0.330 e. The summed E-state index contributed by atoms with van der Waals surface area (Å²) in [7, 11) is 0. The van der Waals surface area contributed by atoms with E-state index in [9.17, 15) is 9.59 Å². The lowest BCUT2D eigenvalue weighted by molar-refractivity contribution is 0.0450. The van der Waals surface area contributed by atoms with Gasteiger partial charge in [-0.05, 0) is 18.6 Å². The Morgan fingerprint density at radius 3 is 2.94 bits per heavy atom. The number of nitrogens with zero attached hydrogens (tertiary/aromatic N) is 1. The van der Waals surface area contributed by atoms with E-state index >= 15 is 0 Å². The van der Waals surface area contributed by atoms with Gasteiger partial charge in [0.05, 0.1) is 6.61 Å². The second-order valence-electron chi connectivity index (χ2n) is 3.70. The first-order valence-electron chi connectivity index (χ1n) is 4.87. The minimum atomic E-state index is -0.478. The van der Waals surface area contributed by atoms with Crippen LogP contribution in [0.4, 0.5) is 0 Å². The molecule has 0 unspecified atom stereocenters. The Hall–Kier alpha value is -1.88. The van der Waals surface area contributed by atoms with Crippen molar-refractivity contribution in [2.75, 3.05) is 6.61 Å². The molecule has 0 radical (unpaired) electrons. The first-order valence-corrected chi connectivity index (χ1v) is 4.87. The van der Waals surface area contributed by atoms with Gasteiger partial charge in [-0.2, -0.15) is 0 Å². The molecule has 1 aliphatic rings. The Morgan fingerprint density at radius 1 is 1.56 bits per heavy atom. The number of aromatic amines is 1. The third-order valence-electron chi connectivity index (χ3n) is 2.36. The number of H-pyrrole nitrogens is 1. The van der Waals surface area contributed by atoms with Crippen molar-refractivity contribution in [3.63, 3.8) is 0 Å². The van der Waals surface area contributed by atoms with Crippen molar-refractivity contribution in [2.24, 2.45) is 0 Å². The molecule has 1 N–H and O–H groups in total. The van der Waals surface area contributed by atoms with Gasteiger partial charge in [0.1, 0.15) is 0 Å². The van der Waals surface area contributed by atoms with Crippen LogP contribution in [-0.4, -0.2) is 16.2 Å². The van der Waals surface area contributed by atoms with Gasteiger partial charge in [-0.25, -0.2) is 4.79 Å². The van der Waals surface area contributed by atoms with Crippen molar-refractivity contribution in [3.05, 3.63) is 56.9 Å². The summed E-state index contributed by atoms with van der Waals surface area (Å²) in [5.41, 5.74) is 0.481. The fourth-order valence-electron chi connectivity index (χ4n) is 1.46. The summed E-state index contributed by atoms with van der Waals surface area (Å²) in [4.78, 5) is 25.0. The van der Waals surface area contributed by atoms with Crippen molar-refractivity contribution < 1.29 is 4.74 Å². The maximum atomic E-state index is 11.5. The molecule has 0 saturated carbocycles. The van der Waals surface area contributed by atoms with Gasteiger partial charge in [0.2, 0.25) is 0 Å². The predicted octanol–water partition coefficient (Wildman–Crippen LogP) is 0.486. The lowest BCUT2D eigenvalue weighted by atomic mass is 10.2. The quantitative estimate of drug-likeness (QED) is 0.749. The number of aromatic nitrogens is 2. The largest absolute Gasteiger partial charge is 0.350 e. The summed E-state index contributed by atoms with van der Waals surface area (Å²) in [5.74, 6) is 0. The van der Waals surface area contributed by atoms with Gasteiger partial charge in [-0.15, -0.1) is 0 Å². The molecule has 0 fully saturated rings. The van der Waals surface area contributed by atoms with Crippen molar-refractivity contribution in [2.45, 2.75) is 13.2 Å². The fraction of sp³-hybridized carbons (Fsp3) is 0.273. The molecule has 5 nitrogen and oxygen atoms in total. The molecule has 0 amide bonds. The van der Waals surface area contributed by atoms with E-state index in [0.717, 1.165) is 5.57 Å². The Bertz CT molecular complexity index is 565. The average Bonchev–Trinajstić information content (AvgIpc) is 2.25.